The van der Waals surface area contributed by atoms with Gasteiger partial charge in [-0.05, 0) is 42.9 Å². The van der Waals surface area contributed by atoms with E-state index in [4.69, 9.17) is 10.5 Å². The zero-order valence-corrected chi connectivity index (χ0v) is 13.7. The van der Waals surface area contributed by atoms with E-state index < -0.39 is 0 Å². The molecule has 2 N–H and O–H groups in total. The molecule has 0 saturated heterocycles. The van der Waals surface area contributed by atoms with Gasteiger partial charge in [-0.25, -0.2) is 0 Å². The SMILES string of the molecule is CCOC(=O)CCC(N)CCc1ccc(-c2ccccc2)cc1. The van der Waals surface area contributed by atoms with Crippen molar-refractivity contribution in [2.75, 3.05) is 6.61 Å². The van der Waals surface area contributed by atoms with Crippen LogP contribution in [0.3, 0.4) is 0 Å². The normalized spacial score (nSPS) is 11.9. The highest BCUT2D eigenvalue weighted by atomic mass is 16.5. The molecule has 3 heteroatoms. The number of esters is 1. The number of hydrogen-bond donors (Lipinski definition) is 1. The highest BCUT2D eigenvalue weighted by Gasteiger charge is 2.08. The number of benzene rings is 2. The zero-order valence-electron chi connectivity index (χ0n) is 13.7. The van der Waals surface area contributed by atoms with Gasteiger partial charge in [-0.1, -0.05) is 54.6 Å². The molecule has 2 aromatic rings. The molecule has 1 unspecified atom stereocenters. The molecule has 1 atom stereocenters. The molecule has 0 fully saturated rings. The maximum atomic E-state index is 11.3. The van der Waals surface area contributed by atoms with Crippen molar-refractivity contribution >= 4 is 5.97 Å². The average Bonchev–Trinajstić information content (AvgIpc) is 2.59. The van der Waals surface area contributed by atoms with Gasteiger partial charge < -0.3 is 10.5 Å². The Hall–Kier alpha value is -2.13. The lowest BCUT2D eigenvalue weighted by molar-refractivity contribution is -0.143. The van der Waals surface area contributed by atoms with E-state index in [2.05, 4.69) is 36.4 Å². The van der Waals surface area contributed by atoms with Crippen LogP contribution in [0.5, 0.6) is 0 Å². The first-order valence-corrected chi connectivity index (χ1v) is 8.24. The number of ether oxygens (including phenoxy) is 1. The Morgan fingerprint density at radius 3 is 2.30 bits per heavy atom. The van der Waals surface area contributed by atoms with Crippen LogP contribution in [0, 0.1) is 0 Å². The molecule has 0 aliphatic carbocycles. The van der Waals surface area contributed by atoms with E-state index in [1.54, 1.807) is 0 Å². The van der Waals surface area contributed by atoms with Crippen molar-refractivity contribution in [1.82, 2.24) is 0 Å². The van der Waals surface area contributed by atoms with Gasteiger partial charge in [-0.3, -0.25) is 4.79 Å². The minimum absolute atomic E-state index is 0.0354. The molecule has 0 spiro atoms. The molecule has 0 aliphatic rings. The Balaban J connectivity index is 1.79. The first-order chi connectivity index (χ1) is 11.2. The quantitative estimate of drug-likeness (QED) is 0.751. The van der Waals surface area contributed by atoms with Crippen LogP contribution >= 0.6 is 0 Å². The van der Waals surface area contributed by atoms with Crippen molar-refractivity contribution in [3.05, 3.63) is 60.2 Å². The summed E-state index contributed by atoms with van der Waals surface area (Å²) in [4.78, 5) is 11.3. The van der Waals surface area contributed by atoms with E-state index >= 15 is 0 Å². The molecule has 0 aliphatic heterocycles. The van der Waals surface area contributed by atoms with Gasteiger partial charge in [-0.15, -0.1) is 0 Å². The van der Waals surface area contributed by atoms with Crippen molar-refractivity contribution in [1.29, 1.82) is 0 Å². The zero-order chi connectivity index (χ0) is 16.5. The lowest BCUT2D eigenvalue weighted by atomic mass is 9.99. The summed E-state index contributed by atoms with van der Waals surface area (Å²) in [6, 6.07) is 19.0. The van der Waals surface area contributed by atoms with Crippen LogP contribution in [0.2, 0.25) is 0 Å². The van der Waals surface area contributed by atoms with Gasteiger partial charge in [0.2, 0.25) is 0 Å². The Bertz CT molecular complexity index is 593. The van der Waals surface area contributed by atoms with Gasteiger partial charge in [0.1, 0.15) is 0 Å². The van der Waals surface area contributed by atoms with Crippen LogP contribution < -0.4 is 5.73 Å². The van der Waals surface area contributed by atoms with E-state index in [1.807, 2.05) is 25.1 Å². The molecular weight excluding hydrogens is 286 g/mol. The van der Waals surface area contributed by atoms with E-state index in [1.165, 1.54) is 16.7 Å². The predicted molar refractivity (Wildman–Crippen MR) is 94.0 cm³/mol. The lowest BCUT2D eigenvalue weighted by Gasteiger charge is -2.11. The van der Waals surface area contributed by atoms with Gasteiger partial charge in [0.05, 0.1) is 6.61 Å². The summed E-state index contributed by atoms with van der Waals surface area (Å²) in [5, 5.41) is 0. The van der Waals surface area contributed by atoms with Crippen LogP contribution in [-0.4, -0.2) is 18.6 Å². The third-order valence-electron chi connectivity index (χ3n) is 3.89. The molecule has 0 heterocycles. The Kier molecular flexibility index (Phi) is 6.82. The predicted octanol–water partition coefficient (Wildman–Crippen LogP) is 3.96. The molecule has 0 saturated carbocycles. The second-order valence-electron chi connectivity index (χ2n) is 5.71. The summed E-state index contributed by atoms with van der Waals surface area (Å²) >= 11 is 0. The lowest BCUT2D eigenvalue weighted by Crippen LogP contribution is -2.22. The second kappa shape index (κ2) is 9.11. The molecule has 0 amide bonds. The van der Waals surface area contributed by atoms with Crippen LogP contribution in [0.15, 0.2) is 54.6 Å². The Labute approximate surface area is 138 Å². The molecule has 0 bridgehead atoms. The molecule has 0 radical (unpaired) electrons. The van der Waals surface area contributed by atoms with Crippen molar-refractivity contribution in [2.45, 2.75) is 38.6 Å². The molecule has 2 rings (SSSR count). The van der Waals surface area contributed by atoms with Gasteiger partial charge in [0, 0.05) is 12.5 Å². The van der Waals surface area contributed by atoms with Crippen molar-refractivity contribution in [2.24, 2.45) is 5.73 Å². The maximum absolute atomic E-state index is 11.3. The molecule has 3 nitrogen and oxygen atoms in total. The molecule has 2 aromatic carbocycles. The van der Waals surface area contributed by atoms with E-state index in [9.17, 15) is 4.79 Å². The van der Waals surface area contributed by atoms with Gasteiger partial charge in [0.25, 0.3) is 0 Å². The Morgan fingerprint density at radius 2 is 1.65 bits per heavy atom. The first-order valence-electron chi connectivity index (χ1n) is 8.24. The van der Waals surface area contributed by atoms with Crippen LogP contribution in [0.25, 0.3) is 11.1 Å². The van der Waals surface area contributed by atoms with Gasteiger partial charge in [0.15, 0.2) is 0 Å². The van der Waals surface area contributed by atoms with Crippen molar-refractivity contribution < 1.29 is 9.53 Å². The largest absolute Gasteiger partial charge is 0.466 e. The van der Waals surface area contributed by atoms with E-state index in [0.29, 0.717) is 19.4 Å². The summed E-state index contributed by atoms with van der Waals surface area (Å²) in [7, 11) is 0. The Morgan fingerprint density at radius 1 is 1.00 bits per heavy atom. The number of carbonyl (C=O) groups is 1. The highest BCUT2D eigenvalue weighted by molar-refractivity contribution is 5.69. The number of aryl methyl sites for hydroxylation is 1. The number of carbonyl (C=O) groups excluding carboxylic acids is 1. The molecule has 122 valence electrons. The maximum Gasteiger partial charge on any atom is 0.305 e. The molecule has 0 aromatic heterocycles. The fraction of sp³-hybridized carbons (Fsp3) is 0.350. The summed E-state index contributed by atoms with van der Waals surface area (Å²) in [6.07, 6.45) is 2.89. The fourth-order valence-electron chi connectivity index (χ4n) is 2.53. The van der Waals surface area contributed by atoms with Gasteiger partial charge >= 0.3 is 5.97 Å². The van der Waals surface area contributed by atoms with Crippen molar-refractivity contribution in [3.8, 4) is 11.1 Å². The number of rotatable bonds is 8. The monoisotopic (exact) mass is 311 g/mol. The average molecular weight is 311 g/mol. The van der Waals surface area contributed by atoms with E-state index in [-0.39, 0.29) is 12.0 Å². The third kappa shape index (κ3) is 5.87. The molecule has 23 heavy (non-hydrogen) atoms. The standard InChI is InChI=1S/C20H25NO2/c1-2-23-20(22)15-14-19(21)13-10-16-8-11-18(12-9-16)17-6-4-3-5-7-17/h3-9,11-12,19H,2,10,13-15,21H2,1H3. The number of hydrogen-bond acceptors (Lipinski definition) is 3. The summed E-state index contributed by atoms with van der Waals surface area (Å²) in [5.74, 6) is -0.157. The minimum Gasteiger partial charge on any atom is -0.466 e. The number of nitrogens with two attached hydrogens (primary N) is 1. The second-order valence-corrected chi connectivity index (χ2v) is 5.71. The van der Waals surface area contributed by atoms with Crippen LogP contribution in [0.1, 0.15) is 31.7 Å². The highest BCUT2D eigenvalue weighted by Crippen LogP contribution is 2.20. The summed E-state index contributed by atoms with van der Waals surface area (Å²) in [5.41, 5.74) is 9.80. The van der Waals surface area contributed by atoms with Crippen LogP contribution in [0.4, 0.5) is 0 Å². The minimum atomic E-state index is -0.157. The van der Waals surface area contributed by atoms with Gasteiger partial charge in [-0.2, -0.15) is 0 Å². The van der Waals surface area contributed by atoms with E-state index in [0.717, 1.165) is 12.8 Å². The van der Waals surface area contributed by atoms with Crippen molar-refractivity contribution in [3.63, 3.8) is 0 Å². The third-order valence-corrected chi connectivity index (χ3v) is 3.89. The fourth-order valence-corrected chi connectivity index (χ4v) is 2.53. The molecular formula is C20H25NO2. The van der Waals surface area contributed by atoms with Crippen LogP contribution in [-0.2, 0) is 16.0 Å². The summed E-state index contributed by atoms with van der Waals surface area (Å²) in [6.45, 7) is 2.25. The smallest absolute Gasteiger partial charge is 0.305 e. The first kappa shape index (κ1) is 17.2. The summed E-state index contributed by atoms with van der Waals surface area (Å²) < 4.78 is 4.92. The topological polar surface area (TPSA) is 52.3 Å².